The normalized spacial score (nSPS) is 12.1. The number of aromatic hydroxyl groups is 1. The van der Waals surface area contributed by atoms with Crippen LogP contribution in [0.2, 0.25) is 0 Å². The Balaban J connectivity index is 2.37. The summed E-state index contributed by atoms with van der Waals surface area (Å²) < 4.78 is 0. The highest BCUT2D eigenvalue weighted by Gasteiger charge is 2.06. The molecule has 2 N–H and O–H groups in total. The molecule has 0 aliphatic heterocycles. The summed E-state index contributed by atoms with van der Waals surface area (Å²) in [5.41, 5.74) is 0.638. The quantitative estimate of drug-likeness (QED) is 0.776. The van der Waals surface area contributed by atoms with E-state index in [9.17, 15) is 9.90 Å². The van der Waals surface area contributed by atoms with E-state index < -0.39 is 0 Å². The van der Waals surface area contributed by atoms with Crippen LogP contribution < -0.4 is 5.32 Å². The number of nitrogens with one attached hydrogen (secondary N) is 1. The first-order valence-electron chi connectivity index (χ1n) is 5.27. The van der Waals surface area contributed by atoms with Gasteiger partial charge in [-0.25, -0.2) is 0 Å². The maximum absolute atomic E-state index is 11.5. The van der Waals surface area contributed by atoms with Crippen LogP contribution in [0.15, 0.2) is 24.3 Å². The third-order valence-electron chi connectivity index (χ3n) is 2.21. The molecule has 0 radical (unpaired) electrons. The van der Waals surface area contributed by atoms with Crippen LogP contribution in [0.25, 0.3) is 0 Å². The molecular formula is C12H16ClNO2. The van der Waals surface area contributed by atoms with Crippen molar-refractivity contribution in [2.24, 2.45) is 0 Å². The summed E-state index contributed by atoms with van der Waals surface area (Å²) in [6, 6.07) is 6.83. The fourth-order valence-corrected chi connectivity index (χ4v) is 1.42. The lowest BCUT2D eigenvalue weighted by Crippen LogP contribution is -2.27. The molecule has 0 bridgehead atoms. The maximum atomic E-state index is 11.5. The van der Waals surface area contributed by atoms with Gasteiger partial charge in [0.15, 0.2) is 0 Å². The number of phenolic OH excluding ortho intramolecular Hbond substituents is 1. The van der Waals surface area contributed by atoms with E-state index in [1.807, 2.05) is 6.92 Å². The zero-order chi connectivity index (χ0) is 12.0. The van der Waals surface area contributed by atoms with Crippen LogP contribution in [0.5, 0.6) is 5.75 Å². The number of hydrogen-bond donors (Lipinski definition) is 2. The molecule has 0 fully saturated rings. The molecule has 4 heteroatoms. The second kappa shape index (κ2) is 6.38. The van der Waals surface area contributed by atoms with Crippen LogP contribution >= 0.6 is 11.6 Å². The van der Waals surface area contributed by atoms with Gasteiger partial charge in [0.05, 0.1) is 6.42 Å². The minimum absolute atomic E-state index is 0.0606. The Morgan fingerprint density at radius 3 is 2.81 bits per heavy atom. The van der Waals surface area contributed by atoms with Crippen LogP contribution in [0.3, 0.4) is 0 Å². The van der Waals surface area contributed by atoms with E-state index in [-0.39, 0.29) is 23.5 Å². The Hall–Kier alpha value is -1.22. The average molecular weight is 242 g/mol. The van der Waals surface area contributed by atoms with E-state index in [1.165, 1.54) is 0 Å². The van der Waals surface area contributed by atoms with E-state index in [4.69, 9.17) is 11.6 Å². The zero-order valence-electron chi connectivity index (χ0n) is 9.24. The first-order chi connectivity index (χ1) is 7.59. The van der Waals surface area contributed by atoms with Gasteiger partial charge < -0.3 is 10.4 Å². The van der Waals surface area contributed by atoms with Gasteiger partial charge in [0, 0.05) is 17.5 Å². The number of benzene rings is 1. The Bertz CT molecular complexity index is 353. The predicted molar refractivity (Wildman–Crippen MR) is 64.8 cm³/mol. The second-order valence-electron chi connectivity index (χ2n) is 3.72. The molecule has 0 aromatic heterocycles. The molecule has 1 atom stereocenters. The number of alkyl halides is 1. The van der Waals surface area contributed by atoms with Crippen LogP contribution in [0.1, 0.15) is 18.9 Å². The van der Waals surface area contributed by atoms with Gasteiger partial charge in [0.25, 0.3) is 0 Å². The van der Waals surface area contributed by atoms with E-state index >= 15 is 0 Å². The van der Waals surface area contributed by atoms with E-state index in [2.05, 4.69) is 5.32 Å². The van der Waals surface area contributed by atoms with Crippen LogP contribution in [0.4, 0.5) is 0 Å². The number of halogens is 1. The molecule has 0 saturated carbocycles. The number of amides is 1. The largest absolute Gasteiger partial charge is 0.508 e. The zero-order valence-corrected chi connectivity index (χ0v) is 10.00. The van der Waals surface area contributed by atoms with Gasteiger partial charge in [0.1, 0.15) is 5.75 Å². The summed E-state index contributed by atoms with van der Waals surface area (Å²) in [7, 11) is 0. The molecule has 1 amide bonds. The summed E-state index contributed by atoms with van der Waals surface area (Å²) in [4.78, 5) is 11.5. The van der Waals surface area contributed by atoms with Crippen LogP contribution in [-0.2, 0) is 11.2 Å². The highest BCUT2D eigenvalue weighted by Crippen LogP contribution is 2.15. The standard InChI is InChI=1S/C12H16ClNO2/c1-9(13)6-7-14-12(16)8-10-4-2-3-5-11(10)15/h2-5,9,15H,6-8H2,1H3,(H,14,16). The minimum Gasteiger partial charge on any atom is -0.508 e. The van der Waals surface area contributed by atoms with Crippen molar-refractivity contribution in [2.45, 2.75) is 25.1 Å². The Morgan fingerprint density at radius 1 is 1.50 bits per heavy atom. The van der Waals surface area contributed by atoms with Gasteiger partial charge in [-0.15, -0.1) is 11.6 Å². The van der Waals surface area contributed by atoms with Gasteiger partial charge in [-0.2, -0.15) is 0 Å². The predicted octanol–water partition coefficient (Wildman–Crippen LogP) is 2.07. The topological polar surface area (TPSA) is 49.3 Å². The third kappa shape index (κ3) is 4.53. The van der Waals surface area contributed by atoms with Crippen molar-refractivity contribution in [3.63, 3.8) is 0 Å². The number of hydrogen-bond acceptors (Lipinski definition) is 2. The fraction of sp³-hybridized carbons (Fsp3) is 0.417. The fourth-order valence-electron chi connectivity index (χ4n) is 1.31. The molecule has 1 aromatic carbocycles. The average Bonchev–Trinajstić information content (AvgIpc) is 2.21. The molecular weight excluding hydrogens is 226 g/mol. The molecule has 0 aliphatic rings. The summed E-state index contributed by atoms with van der Waals surface area (Å²) in [5.74, 6) is 0.0576. The van der Waals surface area contributed by atoms with E-state index in [0.29, 0.717) is 12.1 Å². The van der Waals surface area contributed by atoms with Crippen LogP contribution in [0, 0.1) is 0 Å². The lowest BCUT2D eigenvalue weighted by atomic mass is 10.1. The SMILES string of the molecule is CC(Cl)CCNC(=O)Cc1ccccc1O. The molecule has 0 saturated heterocycles. The molecule has 1 aromatic rings. The number of carbonyl (C=O) groups is 1. The third-order valence-corrected chi connectivity index (χ3v) is 2.43. The number of rotatable bonds is 5. The summed E-state index contributed by atoms with van der Waals surface area (Å²) in [5, 5.41) is 12.3. The second-order valence-corrected chi connectivity index (χ2v) is 4.47. The Morgan fingerprint density at radius 2 is 2.19 bits per heavy atom. The molecule has 3 nitrogen and oxygen atoms in total. The first-order valence-corrected chi connectivity index (χ1v) is 5.71. The number of carbonyl (C=O) groups excluding carboxylic acids is 1. The van der Waals surface area contributed by atoms with Crippen molar-refractivity contribution >= 4 is 17.5 Å². The summed E-state index contributed by atoms with van der Waals surface area (Å²) in [6.45, 7) is 2.45. The summed E-state index contributed by atoms with van der Waals surface area (Å²) in [6.07, 6.45) is 0.942. The molecule has 0 aliphatic carbocycles. The maximum Gasteiger partial charge on any atom is 0.224 e. The van der Waals surface area contributed by atoms with Crippen molar-refractivity contribution in [1.82, 2.24) is 5.32 Å². The van der Waals surface area contributed by atoms with E-state index in [1.54, 1.807) is 24.3 Å². The van der Waals surface area contributed by atoms with Gasteiger partial charge in [0.2, 0.25) is 5.91 Å². The molecule has 0 spiro atoms. The first kappa shape index (κ1) is 12.8. The smallest absolute Gasteiger partial charge is 0.224 e. The van der Waals surface area contributed by atoms with Crippen molar-refractivity contribution in [3.8, 4) is 5.75 Å². The lowest BCUT2D eigenvalue weighted by molar-refractivity contribution is -0.120. The number of phenols is 1. The molecule has 0 heterocycles. The molecule has 1 rings (SSSR count). The molecule has 16 heavy (non-hydrogen) atoms. The molecule has 1 unspecified atom stereocenters. The molecule has 88 valence electrons. The van der Waals surface area contributed by atoms with Gasteiger partial charge in [-0.1, -0.05) is 18.2 Å². The summed E-state index contributed by atoms with van der Waals surface area (Å²) >= 11 is 5.76. The number of para-hydroxylation sites is 1. The van der Waals surface area contributed by atoms with Gasteiger partial charge in [-0.05, 0) is 19.4 Å². The minimum atomic E-state index is -0.0983. The van der Waals surface area contributed by atoms with Crippen molar-refractivity contribution in [1.29, 1.82) is 0 Å². The van der Waals surface area contributed by atoms with Crippen molar-refractivity contribution in [3.05, 3.63) is 29.8 Å². The van der Waals surface area contributed by atoms with Crippen molar-refractivity contribution in [2.75, 3.05) is 6.54 Å². The Labute approximate surface area is 100 Å². The van der Waals surface area contributed by atoms with Crippen molar-refractivity contribution < 1.29 is 9.90 Å². The van der Waals surface area contributed by atoms with Gasteiger partial charge in [-0.3, -0.25) is 4.79 Å². The monoisotopic (exact) mass is 241 g/mol. The highest BCUT2D eigenvalue weighted by molar-refractivity contribution is 6.20. The highest BCUT2D eigenvalue weighted by atomic mass is 35.5. The lowest BCUT2D eigenvalue weighted by Gasteiger charge is -2.07. The van der Waals surface area contributed by atoms with E-state index in [0.717, 1.165) is 6.42 Å². The van der Waals surface area contributed by atoms with Gasteiger partial charge >= 0.3 is 0 Å². The van der Waals surface area contributed by atoms with Crippen LogP contribution in [-0.4, -0.2) is 22.9 Å². The Kier molecular flexibility index (Phi) is 5.12.